The molecule has 0 radical (unpaired) electrons. The van der Waals surface area contributed by atoms with E-state index in [1.54, 1.807) is 0 Å². The number of rotatable bonds is 10. The lowest BCUT2D eigenvalue weighted by Gasteiger charge is -2.35. The van der Waals surface area contributed by atoms with Gasteiger partial charge in [0.25, 0.3) is 0 Å². The molecule has 0 bridgehead atoms. The van der Waals surface area contributed by atoms with Crippen LogP contribution in [0.1, 0.15) is 49.7 Å². The molecule has 2 heterocycles. The molecule has 1 aliphatic heterocycles. The van der Waals surface area contributed by atoms with E-state index in [9.17, 15) is 4.79 Å². The van der Waals surface area contributed by atoms with E-state index >= 15 is 0 Å². The van der Waals surface area contributed by atoms with E-state index in [-0.39, 0.29) is 11.9 Å². The summed E-state index contributed by atoms with van der Waals surface area (Å²) in [7, 11) is 0. The maximum atomic E-state index is 13.5. The van der Waals surface area contributed by atoms with Crippen LogP contribution in [-0.2, 0) is 29.0 Å². The summed E-state index contributed by atoms with van der Waals surface area (Å²) in [6.07, 6.45) is 1.25. The summed E-state index contributed by atoms with van der Waals surface area (Å²) in [4.78, 5) is 17.9. The number of aromatic nitrogens is 2. The summed E-state index contributed by atoms with van der Waals surface area (Å²) in [6.45, 7) is 16.6. The van der Waals surface area contributed by atoms with Gasteiger partial charge in [-0.05, 0) is 44.2 Å². The van der Waals surface area contributed by atoms with Gasteiger partial charge in [0.2, 0.25) is 5.91 Å². The normalized spacial score (nSPS) is 15.8. The third kappa shape index (κ3) is 6.66. The van der Waals surface area contributed by atoms with Gasteiger partial charge in [-0.2, -0.15) is 5.10 Å². The molecule has 0 spiro atoms. The SMILES string of the molecule is Cc1nn(CC(C)C)c(C)c1CCC(=O)N(Cc1ccccc1)C(C)CN1CCOCC1. The van der Waals surface area contributed by atoms with Crippen molar-refractivity contribution in [1.29, 1.82) is 0 Å². The molecule has 1 fully saturated rings. The van der Waals surface area contributed by atoms with Crippen LogP contribution in [0.5, 0.6) is 0 Å². The van der Waals surface area contributed by atoms with Crippen LogP contribution < -0.4 is 0 Å². The van der Waals surface area contributed by atoms with E-state index < -0.39 is 0 Å². The first-order chi connectivity index (χ1) is 15.3. The van der Waals surface area contributed by atoms with E-state index in [0.29, 0.717) is 18.9 Å². The summed E-state index contributed by atoms with van der Waals surface area (Å²) in [5, 5.41) is 4.73. The van der Waals surface area contributed by atoms with Crippen LogP contribution in [0, 0.1) is 19.8 Å². The lowest BCUT2D eigenvalue weighted by molar-refractivity contribution is -0.134. The summed E-state index contributed by atoms with van der Waals surface area (Å²) in [5.41, 5.74) is 4.64. The van der Waals surface area contributed by atoms with Crippen LogP contribution in [-0.4, -0.2) is 64.4 Å². The molecule has 1 aliphatic rings. The standard InChI is InChI=1S/C26H40N4O2/c1-20(2)17-30-23(5)25(22(4)27-30)11-12-26(31)29(19-24-9-7-6-8-10-24)21(3)18-28-13-15-32-16-14-28/h6-10,20-21H,11-19H2,1-5H3. The Hall–Kier alpha value is -2.18. The fourth-order valence-corrected chi connectivity index (χ4v) is 4.52. The Bertz CT molecular complexity index is 856. The Balaban J connectivity index is 1.69. The number of hydrogen-bond donors (Lipinski definition) is 0. The van der Waals surface area contributed by atoms with Crippen molar-refractivity contribution in [3.63, 3.8) is 0 Å². The molecule has 0 N–H and O–H groups in total. The fourth-order valence-electron chi connectivity index (χ4n) is 4.52. The van der Waals surface area contributed by atoms with Crippen molar-refractivity contribution in [1.82, 2.24) is 19.6 Å². The molecular formula is C26H40N4O2. The fraction of sp³-hybridized carbons (Fsp3) is 0.615. The highest BCUT2D eigenvalue weighted by Crippen LogP contribution is 2.19. The molecule has 1 aromatic carbocycles. The van der Waals surface area contributed by atoms with Crippen LogP contribution in [0.4, 0.5) is 0 Å². The maximum absolute atomic E-state index is 13.5. The Morgan fingerprint density at radius 1 is 1.09 bits per heavy atom. The third-order valence-electron chi connectivity index (χ3n) is 6.33. The van der Waals surface area contributed by atoms with Gasteiger partial charge in [0.1, 0.15) is 0 Å². The van der Waals surface area contributed by atoms with E-state index in [1.807, 2.05) is 18.2 Å². The van der Waals surface area contributed by atoms with Crippen LogP contribution in [0.15, 0.2) is 30.3 Å². The molecule has 0 aliphatic carbocycles. The number of amides is 1. The van der Waals surface area contributed by atoms with Crippen molar-refractivity contribution in [2.24, 2.45) is 5.92 Å². The minimum Gasteiger partial charge on any atom is -0.379 e. The van der Waals surface area contributed by atoms with Crippen molar-refractivity contribution in [3.8, 4) is 0 Å². The first-order valence-electron chi connectivity index (χ1n) is 12.0. The van der Waals surface area contributed by atoms with Crippen LogP contribution >= 0.6 is 0 Å². The molecule has 6 heteroatoms. The summed E-state index contributed by atoms with van der Waals surface area (Å²) < 4.78 is 7.59. The predicted molar refractivity (Wildman–Crippen MR) is 129 cm³/mol. The molecule has 1 aromatic heterocycles. The minimum atomic E-state index is 0.145. The Morgan fingerprint density at radius 3 is 2.44 bits per heavy atom. The van der Waals surface area contributed by atoms with Gasteiger partial charge in [-0.3, -0.25) is 14.4 Å². The van der Waals surface area contributed by atoms with Gasteiger partial charge in [-0.15, -0.1) is 0 Å². The number of benzene rings is 1. The van der Waals surface area contributed by atoms with Gasteiger partial charge >= 0.3 is 0 Å². The zero-order chi connectivity index (χ0) is 23.1. The zero-order valence-electron chi connectivity index (χ0n) is 20.5. The highest BCUT2D eigenvalue weighted by Gasteiger charge is 2.24. The van der Waals surface area contributed by atoms with Gasteiger partial charge in [0.15, 0.2) is 0 Å². The quantitative estimate of drug-likeness (QED) is 0.563. The van der Waals surface area contributed by atoms with E-state index in [0.717, 1.165) is 51.5 Å². The Kier molecular flexibility index (Phi) is 8.88. The van der Waals surface area contributed by atoms with Gasteiger partial charge in [0.05, 0.1) is 18.9 Å². The van der Waals surface area contributed by atoms with E-state index in [1.165, 1.54) is 16.8 Å². The molecule has 2 aromatic rings. The van der Waals surface area contributed by atoms with Crippen molar-refractivity contribution < 1.29 is 9.53 Å². The second-order valence-corrected chi connectivity index (χ2v) is 9.49. The number of carbonyl (C=O) groups is 1. The average Bonchev–Trinajstić information content (AvgIpc) is 3.03. The van der Waals surface area contributed by atoms with Crippen LogP contribution in [0.25, 0.3) is 0 Å². The predicted octanol–water partition coefficient (Wildman–Crippen LogP) is 3.84. The van der Waals surface area contributed by atoms with Crippen molar-refractivity contribution in [2.45, 2.75) is 66.6 Å². The number of ether oxygens (including phenoxy) is 1. The average molecular weight is 441 g/mol. The lowest BCUT2D eigenvalue weighted by Crippen LogP contribution is -2.48. The summed E-state index contributed by atoms with van der Waals surface area (Å²) in [6, 6.07) is 10.5. The van der Waals surface area contributed by atoms with Crippen LogP contribution in [0.3, 0.4) is 0 Å². The maximum Gasteiger partial charge on any atom is 0.223 e. The van der Waals surface area contributed by atoms with E-state index in [4.69, 9.17) is 9.84 Å². The van der Waals surface area contributed by atoms with Gasteiger partial charge in [-0.1, -0.05) is 44.2 Å². The molecule has 1 amide bonds. The zero-order valence-corrected chi connectivity index (χ0v) is 20.5. The number of aryl methyl sites for hydroxylation is 1. The molecule has 176 valence electrons. The highest BCUT2D eigenvalue weighted by atomic mass is 16.5. The molecule has 1 unspecified atom stereocenters. The molecular weight excluding hydrogens is 400 g/mol. The highest BCUT2D eigenvalue weighted by molar-refractivity contribution is 5.77. The minimum absolute atomic E-state index is 0.145. The number of hydrogen-bond acceptors (Lipinski definition) is 4. The second-order valence-electron chi connectivity index (χ2n) is 9.49. The third-order valence-corrected chi connectivity index (χ3v) is 6.33. The van der Waals surface area contributed by atoms with Gasteiger partial charge in [-0.25, -0.2) is 0 Å². The monoisotopic (exact) mass is 440 g/mol. The topological polar surface area (TPSA) is 50.6 Å². The van der Waals surface area contributed by atoms with Crippen molar-refractivity contribution in [3.05, 3.63) is 52.8 Å². The first-order valence-corrected chi connectivity index (χ1v) is 12.0. The molecule has 1 atom stereocenters. The van der Waals surface area contributed by atoms with Gasteiger partial charge < -0.3 is 9.64 Å². The van der Waals surface area contributed by atoms with Gasteiger partial charge in [0, 0.05) is 50.9 Å². The molecule has 1 saturated heterocycles. The van der Waals surface area contributed by atoms with Crippen LogP contribution in [0.2, 0.25) is 0 Å². The molecule has 3 rings (SSSR count). The Morgan fingerprint density at radius 2 is 1.78 bits per heavy atom. The summed E-state index contributed by atoms with van der Waals surface area (Å²) >= 11 is 0. The van der Waals surface area contributed by atoms with E-state index in [2.05, 4.69) is 61.2 Å². The molecule has 32 heavy (non-hydrogen) atoms. The molecule has 6 nitrogen and oxygen atoms in total. The Labute approximate surface area is 193 Å². The lowest BCUT2D eigenvalue weighted by atomic mass is 10.1. The largest absolute Gasteiger partial charge is 0.379 e. The first kappa shape index (κ1) is 24.5. The number of morpholine rings is 1. The second kappa shape index (κ2) is 11.6. The van der Waals surface area contributed by atoms with Crippen molar-refractivity contribution in [2.75, 3.05) is 32.8 Å². The van der Waals surface area contributed by atoms with Crippen molar-refractivity contribution >= 4 is 5.91 Å². The number of carbonyl (C=O) groups excluding carboxylic acids is 1. The smallest absolute Gasteiger partial charge is 0.223 e. The summed E-state index contributed by atoms with van der Waals surface area (Å²) in [5.74, 6) is 0.759. The molecule has 0 saturated carbocycles. The number of nitrogens with zero attached hydrogens (tertiary/aromatic N) is 4.